The van der Waals surface area contributed by atoms with Crippen LogP contribution >= 0.6 is 0 Å². The molecular formula is C9H18N2O6. The number of hydrogen-bond donors (Lipinski definition) is 6. The molecule has 0 aromatic carbocycles. The number of aliphatic hydroxyl groups is 3. The fraction of sp³-hybridized carbons (Fsp3) is 0.889. The van der Waals surface area contributed by atoms with Crippen LogP contribution in [0.1, 0.15) is 13.3 Å². The Morgan fingerprint density at radius 1 is 1.59 bits per heavy atom. The van der Waals surface area contributed by atoms with Gasteiger partial charge in [-0.1, -0.05) is 0 Å². The van der Waals surface area contributed by atoms with Crippen LogP contribution in [0.4, 0.5) is 0 Å². The molecule has 8 N–H and O–H groups in total. The van der Waals surface area contributed by atoms with Gasteiger partial charge in [-0.05, 0) is 6.92 Å². The minimum atomic E-state index is -2.54. The van der Waals surface area contributed by atoms with Gasteiger partial charge in [0.1, 0.15) is 0 Å². The molecule has 0 bridgehead atoms. The summed E-state index contributed by atoms with van der Waals surface area (Å²) in [6.45, 7) is 1.38. The predicted molar refractivity (Wildman–Crippen MR) is 55.7 cm³/mol. The van der Waals surface area contributed by atoms with E-state index in [-0.39, 0.29) is 0 Å². The summed E-state index contributed by atoms with van der Waals surface area (Å²) in [7, 11) is 0. The Labute approximate surface area is 97.8 Å². The molecule has 0 spiro atoms. The van der Waals surface area contributed by atoms with Crippen molar-refractivity contribution in [2.75, 3.05) is 0 Å². The zero-order chi connectivity index (χ0) is 13.4. The van der Waals surface area contributed by atoms with Crippen molar-refractivity contribution >= 4 is 5.97 Å². The van der Waals surface area contributed by atoms with E-state index in [4.69, 9.17) is 21.3 Å². The highest BCUT2D eigenvalue weighted by Crippen LogP contribution is 2.28. The molecule has 0 saturated carbocycles. The fourth-order valence-corrected chi connectivity index (χ4v) is 1.74. The van der Waals surface area contributed by atoms with Gasteiger partial charge in [0.15, 0.2) is 0 Å². The van der Waals surface area contributed by atoms with Crippen LogP contribution in [-0.4, -0.2) is 62.6 Å². The quantitative estimate of drug-likeness (QED) is 0.308. The van der Waals surface area contributed by atoms with Crippen LogP contribution in [0.2, 0.25) is 0 Å². The van der Waals surface area contributed by atoms with E-state index in [1.807, 2.05) is 0 Å². The highest BCUT2D eigenvalue weighted by Gasteiger charge is 2.51. The Bertz CT molecular complexity index is 295. The summed E-state index contributed by atoms with van der Waals surface area (Å²) < 4.78 is 4.93. The zero-order valence-electron chi connectivity index (χ0n) is 9.35. The maximum atomic E-state index is 10.8. The molecule has 0 aromatic heterocycles. The van der Waals surface area contributed by atoms with Crippen LogP contribution in [-0.2, 0) is 9.53 Å². The largest absolute Gasteiger partial charge is 0.477 e. The Morgan fingerprint density at radius 3 is 2.53 bits per heavy atom. The molecule has 1 saturated heterocycles. The van der Waals surface area contributed by atoms with Crippen molar-refractivity contribution in [3.63, 3.8) is 0 Å². The Kier molecular flexibility index (Phi) is 4.07. The summed E-state index contributed by atoms with van der Waals surface area (Å²) in [6.07, 6.45) is -4.00. The van der Waals surface area contributed by atoms with E-state index in [1.165, 1.54) is 6.92 Å². The van der Waals surface area contributed by atoms with E-state index in [0.717, 1.165) is 0 Å². The summed E-state index contributed by atoms with van der Waals surface area (Å²) >= 11 is 0. The van der Waals surface area contributed by atoms with Gasteiger partial charge in [-0.2, -0.15) is 0 Å². The molecule has 0 aliphatic carbocycles. The first-order valence-electron chi connectivity index (χ1n) is 5.20. The smallest absolute Gasteiger partial charge is 0.364 e. The van der Waals surface area contributed by atoms with Crippen LogP contribution in [0.25, 0.3) is 0 Å². The molecule has 1 fully saturated rings. The second-order valence-electron chi connectivity index (χ2n) is 4.34. The molecule has 1 aliphatic heterocycles. The molecule has 1 rings (SSSR count). The standard InChI is InChI=1S/C9H18N2O6/c1-3(12)5(10)7-6(11)4(13)2-9(16,17-7)8(14)15/h3-7,12-13,16H,2,10-11H2,1H3,(H,14,15)/t3-,4-,5-,6-,7-,9+/m0/s1. The van der Waals surface area contributed by atoms with Crippen molar-refractivity contribution in [1.82, 2.24) is 0 Å². The predicted octanol–water partition coefficient (Wildman–Crippen LogP) is -3.06. The van der Waals surface area contributed by atoms with E-state index in [1.54, 1.807) is 0 Å². The third kappa shape index (κ3) is 2.73. The van der Waals surface area contributed by atoms with Gasteiger partial charge in [0.05, 0.1) is 30.4 Å². The Balaban J connectivity index is 2.93. The number of carbonyl (C=O) groups is 1. The van der Waals surface area contributed by atoms with Crippen molar-refractivity contribution in [1.29, 1.82) is 0 Å². The number of aliphatic carboxylic acids is 1. The van der Waals surface area contributed by atoms with E-state index in [0.29, 0.717) is 0 Å². The third-order valence-electron chi connectivity index (χ3n) is 2.91. The Morgan fingerprint density at radius 2 is 2.12 bits per heavy atom. The first kappa shape index (κ1) is 14.3. The van der Waals surface area contributed by atoms with Crippen molar-refractivity contribution in [2.24, 2.45) is 11.5 Å². The average molecular weight is 250 g/mol. The van der Waals surface area contributed by atoms with E-state index in [9.17, 15) is 20.1 Å². The fourth-order valence-electron chi connectivity index (χ4n) is 1.74. The normalized spacial score (nSPS) is 41.9. The van der Waals surface area contributed by atoms with Gasteiger partial charge in [-0.15, -0.1) is 0 Å². The van der Waals surface area contributed by atoms with Gasteiger partial charge in [-0.3, -0.25) is 0 Å². The topological polar surface area (TPSA) is 159 Å². The molecule has 8 heteroatoms. The van der Waals surface area contributed by atoms with Gasteiger partial charge < -0.3 is 36.6 Å². The summed E-state index contributed by atoms with van der Waals surface area (Å²) in [6, 6.07) is -1.98. The first-order valence-corrected chi connectivity index (χ1v) is 5.20. The van der Waals surface area contributed by atoms with Gasteiger partial charge in [0.25, 0.3) is 5.79 Å². The maximum Gasteiger partial charge on any atom is 0.364 e. The molecule has 8 nitrogen and oxygen atoms in total. The van der Waals surface area contributed by atoms with E-state index in [2.05, 4.69) is 0 Å². The molecule has 0 radical (unpaired) electrons. The lowest BCUT2D eigenvalue weighted by molar-refractivity contribution is -0.279. The van der Waals surface area contributed by atoms with Crippen molar-refractivity contribution in [3.05, 3.63) is 0 Å². The highest BCUT2D eigenvalue weighted by molar-refractivity contribution is 5.75. The van der Waals surface area contributed by atoms with Crippen molar-refractivity contribution in [3.8, 4) is 0 Å². The molecule has 0 aromatic rings. The van der Waals surface area contributed by atoms with Crippen molar-refractivity contribution in [2.45, 2.75) is 49.5 Å². The molecular weight excluding hydrogens is 232 g/mol. The van der Waals surface area contributed by atoms with E-state index >= 15 is 0 Å². The molecule has 6 atom stereocenters. The maximum absolute atomic E-state index is 10.8. The summed E-state index contributed by atoms with van der Waals surface area (Å²) in [5.41, 5.74) is 11.2. The molecule has 17 heavy (non-hydrogen) atoms. The second kappa shape index (κ2) is 4.84. The minimum absolute atomic E-state index is 0.549. The SMILES string of the molecule is C[C@H](O)[C@H](N)[C@@H]1O[C@@](O)(C(=O)O)C[C@H](O)[C@@H]1N. The monoisotopic (exact) mass is 250 g/mol. The number of ether oxygens (including phenoxy) is 1. The number of carboxylic acids is 1. The summed E-state index contributed by atoms with van der Waals surface area (Å²) in [5, 5.41) is 37.4. The molecule has 1 aliphatic rings. The molecule has 100 valence electrons. The van der Waals surface area contributed by atoms with Crippen LogP contribution < -0.4 is 11.5 Å². The molecule has 1 heterocycles. The van der Waals surface area contributed by atoms with Crippen molar-refractivity contribution < 1.29 is 30.0 Å². The summed E-state index contributed by atoms with van der Waals surface area (Å²) in [4.78, 5) is 10.8. The number of hydrogen-bond acceptors (Lipinski definition) is 7. The lowest BCUT2D eigenvalue weighted by Crippen LogP contribution is -2.66. The summed E-state index contributed by atoms with van der Waals surface area (Å²) in [5.74, 6) is -4.17. The van der Waals surface area contributed by atoms with Gasteiger partial charge in [0.2, 0.25) is 0 Å². The second-order valence-corrected chi connectivity index (χ2v) is 4.34. The first-order chi connectivity index (χ1) is 7.69. The van der Waals surface area contributed by atoms with Crippen LogP contribution in [0.15, 0.2) is 0 Å². The Hall–Kier alpha value is -0.770. The van der Waals surface area contributed by atoms with Crippen LogP contribution in [0.3, 0.4) is 0 Å². The van der Waals surface area contributed by atoms with Gasteiger partial charge in [-0.25, -0.2) is 4.79 Å². The zero-order valence-corrected chi connectivity index (χ0v) is 9.35. The third-order valence-corrected chi connectivity index (χ3v) is 2.91. The van der Waals surface area contributed by atoms with Crippen LogP contribution in [0.5, 0.6) is 0 Å². The average Bonchev–Trinajstić information content (AvgIpc) is 2.22. The number of rotatable bonds is 3. The van der Waals surface area contributed by atoms with Crippen LogP contribution in [0, 0.1) is 0 Å². The van der Waals surface area contributed by atoms with Gasteiger partial charge >= 0.3 is 5.97 Å². The number of nitrogens with two attached hydrogens (primary N) is 2. The lowest BCUT2D eigenvalue weighted by atomic mass is 9.89. The van der Waals surface area contributed by atoms with E-state index < -0.39 is 48.6 Å². The lowest BCUT2D eigenvalue weighted by Gasteiger charge is -2.43. The molecule has 0 amide bonds. The number of aliphatic hydroxyl groups excluding tert-OH is 2. The molecule has 0 unspecified atom stereocenters. The van der Waals surface area contributed by atoms with Gasteiger partial charge in [0, 0.05) is 6.42 Å². The number of carboxylic acid groups (broad SMARTS) is 1. The highest BCUT2D eigenvalue weighted by atomic mass is 16.7. The minimum Gasteiger partial charge on any atom is -0.477 e.